The van der Waals surface area contributed by atoms with Gasteiger partial charge in [0, 0.05) is 0 Å². The van der Waals surface area contributed by atoms with Crippen LogP contribution >= 0.6 is 0 Å². The first-order valence-corrected chi connectivity index (χ1v) is 8.29. The van der Waals surface area contributed by atoms with Crippen molar-refractivity contribution in [2.45, 2.75) is 0 Å². The third-order valence-electron chi connectivity index (χ3n) is 3.95. The molecule has 0 radical (unpaired) electrons. The first kappa shape index (κ1) is 18.6. The van der Waals surface area contributed by atoms with Crippen LogP contribution in [0.5, 0.6) is 5.75 Å². The van der Waals surface area contributed by atoms with Gasteiger partial charge in [-0.2, -0.15) is 0 Å². The molecule has 0 bridgehead atoms. The number of hydrogen-bond donors (Lipinski definition) is 4. The van der Waals surface area contributed by atoms with Gasteiger partial charge in [0.15, 0.2) is 5.69 Å². The number of anilines is 4. The first-order chi connectivity index (χ1) is 13.5. The van der Waals surface area contributed by atoms with Crippen LogP contribution in [-0.4, -0.2) is 7.11 Å². The summed E-state index contributed by atoms with van der Waals surface area (Å²) in [5, 5.41) is 16.9. The maximum absolute atomic E-state index is 5.94. The molecule has 3 rings (SSSR count). The van der Waals surface area contributed by atoms with E-state index in [0.717, 1.165) is 0 Å². The van der Waals surface area contributed by atoms with E-state index in [1.807, 2.05) is 0 Å². The standard InChI is InChI=1S/C19H20N8O/c1-28-16-10-4-9-15(26-24-13-7-2-5-11(20)17(13)22)19(16)27-25-14-8-3-6-12(21)18(14)23/h2-10H,20-23H2,1H3. The Balaban J connectivity index is 2.01. The van der Waals surface area contributed by atoms with Gasteiger partial charge in [0.25, 0.3) is 0 Å². The summed E-state index contributed by atoms with van der Waals surface area (Å²) in [5.74, 6) is 0.475. The molecule has 0 saturated heterocycles. The van der Waals surface area contributed by atoms with Gasteiger partial charge in [0.1, 0.15) is 22.8 Å². The van der Waals surface area contributed by atoms with Gasteiger partial charge in [0.05, 0.1) is 29.9 Å². The van der Waals surface area contributed by atoms with E-state index in [1.54, 1.807) is 54.6 Å². The van der Waals surface area contributed by atoms with Crippen molar-refractivity contribution in [1.29, 1.82) is 0 Å². The quantitative estimate of drug-likeness (QED) is 0.368. The molecule has 28 heavy (non-hydrogen) atoms. The maximum atomic E-state index is 5.94. The Morgan fingerprint density at radius 2 is 1.07 bits per heavy atom. The Hall–Kier alpha value is -4.14. The van der Waals surface area contributed by atoms with E-state index in [-0.39, 0.29) is 0 Å². The summed E-state index contributed by atoms with van der Waals surface area (Å²) in [6.07, 6.45) is 0. The minimum Gasteiger partial charge on any atom is -0.494 e. The third kappa shape index (κ3) is 3.83. The number of benzene rings is 3. The van der Waals surface area contributed by atoms with Crippen LogP contribution in [0.15, 0.2) is 75.1 Å². The number of methoxy groups -OCH3 is 1. The average molecular weight is 376 g/mol. The van der Waals surface area contributed by atoms with E-state index >= 15 is 0 Å². The molecule has 9 nitrogen and oxygen atoms in total. The van der Waals surface area contributed by atoms with Crippen molar-refractivity contribution in [3.63, 3.8) is 0 Å². The Kier molecular flexibility index (Phi) is 5.35. The molecule has 0 aromatic heterocycles. The first-order valence-electron chi connectivity index (χ1n) is 8.29. The van der Waals surface area contributed by atoms with Crippen molar-refractivity contribution in [2.75, 3.05) is 30.0 Å². The third-order valence-corrected chi connectivity index (χ3v) is 3.95. The second-order valence-corrected chi connectivity index (χ2v) is 5.79. The number of hydrogen-bond acceptors (Lipinski definition) is 9. The number of para-hydroxylation sites is 2. The van der Waals surface area contributed by atoms with Crippen molar-refractivity contribution in [3.8, 4) is 5.75 Å². The predicted octanol–water partition coefficient (Wildman–Crippen LogP) is 4.85. The van der Waals surface area contributed by atoms with Crippen LogP contribution in [0.25, 0.3) is 0 Å². The van der Waals surface area contributed by atoms with Crippen molar-refractivity contribution in [3.05, 3.63) is 54.6 Å². The molecule has 0 heterocycles. The second-order valence-electron chi connectivity index (χ2n) is 5.79. The number of ether oxygens (including phenoxy) is 1. The SMILES string of the molecule is COc1cccc(N=Nc2cccc(N)c2N)c1N=Nc1cccc(N)c1N. The fraction of sp³-hybridized carbons (Fsp3) is 0.0526. The molecule has 0 aliphatic heterocycles. The summed E-state index contributed by atoms with van der Waals surface area (Å²) >= 11 is 0. The highest BCUT2D eigenvalue weighted by Crippen LogP contribution is 2.40. The Bertz CT molecular complexity index is 1060. The molecule has 0 atom stereocenters. The van der Waals surface area contributed by atoms with Gasteiger partial charge in [-0.1, -0.05) is 18.2 Å². The Morgan fingerprint density at radius 1 is 0.607 bits per heavy atom. The van der Waals surface area contributed by atoms with Crippen LogP contribution in [0.4, 0.5) is 45.5 Å². The zero-order chi connectivity index (χ0) is 20.1. The van der Waals surface area contributed by atoms with Gasteiger partial charge < -0.3 is 27.7 Å². The highest BCUT2D eigenvalue weighted by molar-refractivity contribution is 5.78. The van der Waals surface area contributed by atoms with Gasteiger partial charge in [-0.25, -0.2) is 0 Å². The molecule has 0 amide bonds. The van der Waals surface area contributed by atoms with E-state index in [4.69, 9.17) is 27.7 Å². The molecule has 0 aliphatic rings. The summed E-state index contributed by atoms with van der Waals surface area (Å²) < 4.78 is 5.37. The van der Waals surface area contributed by atoms with Gasteiger partial charge >= 0.3 is 0 Å². The van der Waals surface area contributed by atoms with E-state index in [9.17, 15) is 0 Å². The van der Waals surface area contributed by atoms with Crippen LogP contribution in [0, 0.1) is 0 Å². The lowest BCUT2D eigenvalue weighted by Crippen LogP contribution is -1.93. The van der Waals surface area contributed by atoms with E-state index in [0.29, 0.717) is 51.2 Å². The minimum atomic E-state index is 0.344. The highest BCUT2D eigenvalue weighted by atomic mass is 16.5. The van der Waals surface area contributed by atoms with Gasteiger partial charge in [-0.15, -0.1) is 20.5 Å². The number of nitrogens with two attached hydrogens (primary N) is 4. The molecular weight excluding hydrogens is 356 g/mol. The normalized spacial score (nSPS) is 11.3. The van der Waals surface area contributed by atoms with Crippen LogP contribution in [0.3, 0.4) is 0 Å². The molecule has 3 aromatic rings. The Morgan fingerprint density at radius 3 is 1.64 bits per heavy atom. The Labute approximate surface area is 161 Å². The maximum Gasteiger partial charge on any atom is 0.155 e. The second kappa shape index (κ2) is 8.04. The van der Waals surface area contributed by atoms with Crippen LogP contribution in [-0.2, 0) is 0 Å². The molecular formula is C19H20N8O. The molecule has 0 spiro atoms. The lowest BCUT2D eigenvalue weighted by molar-refractivity contribution is 0.416. The summed E-state index contributed by atoms with van der Waals surface area (Å²) in [5.41, 5.74) is 26.8. The lowest BCUT2D eigenvalue weighted by atomic mass is 10.2. The zero-order valence-electron chi connectivity index (χ0n) is 15.2. The topological polar surface area (TPSA) is 163 Å². The summed E-state index contributed by atoms with van der Waals surface area (Å²) in [4.78, 5) is 0. The molecule has 142 valence electrons. The molecule has 0 saturated carbocycles. The number of nitrogens with zero attached hydrogens (tertiary/aromatic N) is 4. The fourth-order valence-electron chi connectivity index (χ4n) is 2.38. The molecule has 0 unspecified atom stereocenters. The summed E-state index contributed by atoms with van der Waals surface area (Å²) in [6.45, 7) is 0. The van der Waals surface area contributed by atoms with E-state index < -0.39 is 0 Å². The fourth-order valence-corrected chi connectivity index (χ4v) is 2.38. The van der Waals surface area contributed by atoms with Gasteiger partial charge in [-0.3, -0.25) is 0 Å². The predicted molar refractivity (Wildman–Crippen MR) is 112 cm³/mol. The van der Waals surface area contributed by atoms with Gasteiger partial charge in [0.2, 0.25) is 0 Å². The largest absolute Gasteiger partial charge is 0.494 e. The molecule has 8 N–H and O–H groups in total. The van der Waals surface area contributed by atoms with Crippen LogP contribution < -0.4 is 27.7 Å². The van der Waals surface area contributed by atoms with Crippen molar-refractivity contribution < 1.29 is 4.74 Å². The highest BCUT2D eigenvalue weighted by Gasteiger charge is 2.10. The zero-order valence-corrected chi connectivity index (χ0v) is 15.2. The van der Waals surface area contributed by atoms with Crippen molar-refractivity contribution >= 4 is 45.5 Å². The smallest absolute Gasteiger partial charge is 0.155 e. The van der Waals surface area contributed by atoms with Crippen molar-refractivity contribution in [1.82, 2.24) is 0 Å². The number of azo groups is 2. The van der Waals surface area contributed by atoms with Gasteiger partial charge in [-0.05, 0) is 36.4 Å². The summed E-state index contributed by atoms with van der Waals surface area (Å²) in [7, 11) is 1.53. The molecule has 0 fully saturated rings. The van der Waals surface area contributed by atoms with Crippen LogP contribution in [0.1, 0.15) is 0 Å². The minimum absolute atomic E-state index is 0.344. The number of rotatable bonds is 5. The number of nitrogen functional groups attached to an aromatic ring is 4. The average Bonchev–Trinajstić information content (AvgIpc) is 2.70. The van der Waals surface area contributed by atoms with Crippen molar-refractivity contribution in [2.24, 2.45) is 20.5 Å². The van der Waals surface area contributed by atoms with E-state index in [2.05, 4.69) is 20.5 Å². The molecule has 9 heteroatoms. The summed E-state index contributed by atoms with van der Waals surface area (Å²) in [6, 6.07) is 15.5. The molecule has 0 aliphatic carbocycles. The molecule has 3 aromatic carbocycles. The lowest BCUT2D eigenvalue weighted by Gasteiger charge is -2.07. The monoisotopic (exact) mass is 376 g/mol. The van der Waals surface area contributed by atoms with E-state index in [1.165, 1.54) is 7.11 Å². The van der Waals surface area contributed by atoms with Crippen LogP contribution in [0.2, 0.25) is 0 Å².